The SMILES string of the molecule is Cn1ccnc1[C@H](NC(=O)c1ccc(CN2CCCC2=O)cc1)c1ccccc1. The number of rotatable bonds is 6. The van der Waals surface area contributed by atoms with Crippen molar-refractivity contribution in [2.45, 2.75) is 25.4 Å². The van der Waals surface area contributed by atoms with Gasteiger partial charge in [0.15, 0.2) is 0 Å². The average molecular weight is 388 g/mol. The summed E-state index contributed by atoms with van der Waals surface area (Å²) >= 11 is 0. The Morgan fingerprint density at radius 3 is 2.52 bits per heavy atom. The van der Waals surface area contributed by atoms with E-state index in [-0.39, 0.29) is 17.9 Å². The fourth-order valence-corrected chi connectivity index (χ4v) is 3.67. The van der Waals surface area contributed by atoms with Crippen molar-refractivity contribution in [1.82, 2.24) is 19.8 Å². The van der Waals surface area contributed by atoms with E-state index in [1.165, 1.54) is 0 Å². The molecule has 0 spiro atoms. The molecule has 1 N–H and O–H groups in total. The van der Waals surface area contributed by atoms with Crippen LogP contribution in [0.4, 0.5) is 0 Å². The third-order valence-electron chi connectivity index (χ3n) is 5.29. The van der Waals surface area contributed by atoms with Gasteiger partial charge in [0, 0.05) is 44.5 Å². The van der Waals surface area contributed by atoms with E-state index in [9.17, 15) is 9.59 Å². The lowest BCUT2D eigenvalue weighted by molar-refractivity contribution is -0.128. The Bertz CT molecular complexity index is 995. The number of hydrogen-bond acceptors (Lipinski definition) is 3. The second-order valence-corrected chi connectivity index (χ2v) is 7.33. The van der Waals surface area contributed by atoms with Gasteiger partial charge in [0.25, 0.3) is 5.91 Å². The topological polar surface area (TPSA) is 67.2 Å². The molecule has 1 atom stereocenters. The lowest BCUT2D eigenvalue weighted by atomic mass is 10.0. The van der Waals surface area contributed by atoms with Crippen LogP contribution >= 0.6 is 0 Å². The number of amides is 2. The summed E-state index contributed by atoms with van der Waals surface area (Å²) in [6, 6.07) is 16.9. The maximum Gasteiger partial charge on any atom is 0.252 e. The second-order valence-electron chi connectivity index (χ2n) is 7.33. The van der Waals surface area contributed by atoms with Crippen LogP contribution in [-0.2, 0) is 18.4 Å². The number of nitrogens with one attached hydrogen (secondary N) is 1. The number of carbonyl (C=O) groups excluding carboxylic acids is 2. The number of hydrogen-bond donors (Lipinski definition) is 1. The molecule has 29 heavy (non-hydrogen) atoms. The van der Waals surface area contributed by atoms with Gasteiger partial charge < -0.3 is 14.8 Å². The minimum Gasteiger partial charge on any atom is -0.338 e. The Kier molecular flexibility index (Phi) is 5.42. The standard InChI is InChI=1S/C23H24N4O2/c1-26-15-13-24-22(26)21(18-6-3-2-4-7-18)25-23(29)19-11-9-17(10-12-19)16-27-14-5-8-20(27)28/h2-4,6-7,9-13,15,21H,5,8,14,16H2,1H3,(H,25,29)/t21-/m1/s1. The summed E-state index contributed by atoms with van der Waals surface area (Å²) in [5.41, 5.74) is 2.58. The number of carbonyl (C=O) groups is 2. The van der Waals surface area contributed by atoms with Crippen LogP contribution in [-0.4, -0.2) is 32.8 Å². The zero-order chi connectivity index (χ0) is 20.2. The smallest absolute Gasteiger partial charge is 0.252 e. The highest BCUT2D eigenvalue weighted by Gasteiger charge is 2.22. The molecular formula is C23H24N4O2. The molecule has 0 saturated carbocycles. The van der Waals surface area contributed by atoms with Gasteiger partial charge in [-0.05, 0) is 29.7 Å². The number of aromatic nitrogens is 2. The summed E-state index contributed by atoms with van der Waals surface area (Å²) < 4.78 is 1.91. The summed E-state index contributed by atoms with van der Waals surface area (Å²) in [4.78, 5) is 31.0. The Hall–Kier alpha value is -3.41. The molecule has 0 aliphatic carbocycles. The molecule has 1 aromatic heterocycles. The highest BCUT2D eigenvalue weighted by molar-refractivity contribution is 5.94. The number of nitrogens with zero attached hydrogens (tertiary/aromatic N) is 3. The molecule has 0 bridgehead atoms. The van der Waals surface area contributed by atoms with Crippen molar-refractivity contribution in [3.8, 4) is 0 Å². The first-order valence-corrected chi connectivity index (χ1v) is 9.81. The molecule has 2 amide bonds. The van der Waals surface area contributed by atoms with Crippen LogP contribution in [0.15, 0.2) is 67.0 Å². The third-order valence-corrected chi connectivity index (χ3v) is 5.29. The van der Waals surface area contributed by atoms with Gasteiger partial charge in [-0.3, -0.25) is 9.59 Å². The Balaban J connectivity index is 1.50. The van der Waals surface area contributed by atoms with Gasteiger partial charge >= 0.3 is 0 Å². The predicted octanol–water partition coefficient (Wildman–Crippen LogP) is 3.06. The molecule has 2 aromatic carbocycles. The first-order chi connectivity index (χ1) is 14.1. The maximum atomic E-state index is 12.9. The molecule has 1 saturated heterocycles. The minimum absolute atomic E-state index is 0.161. The zero-order valence-electron chi connectivity index (χ0n) is 16.4. The maximum absolute atomic E-state index is 12.9. The predicted molar refractivity (Wildman–Crippen MR) is 110 cm³/mol. The van der Waals surface area contributed by atoms with Gasteiger partial charge in [-0.25, -0.2) is 4.98 Å². The molecule has 6 heteroatoms. The first kappa shape index (κ1) is 18.9. The van der Waals surface area contributed by atoms with Crippen LogP contribution in [0.1, 0.15) is 46.2 Å². The van der Waals surface area contributed by atoms with E-state index in [1.54, 1.807) is 6.20 Å². The van der Waals surface area contributed by atoms with Crippen molar-refractivity contribution in [3.05, 3.63) is 89.5 Å². The third kappa shape index (κ3) is 4.21. The van der Waals surface area contributed by atoms with Crippen LogP contribution in [0.25, 0.3) is 0 Å². The van der Waals surface area contributed by atoms with Gasteiger partial charge in [0.1, 0.15) is 11.9 Å². The van der Waals surface area contributed by atoms with E-state index >= 15 is 0 Å². The molecular weight excluding hydrogens is 364 g/mol. The average Bonchev–Trinajstić information content (AvgIpc) is 3.35. The number of aryl methyl sites for hydroxylation is 1. The molecule has 3 aromatic rings. The monoisotopic (exact) mass is 388 g/mol. The molecule has 0 unspecified atom stereocenters. The Morgan fingerprint density at radius 2 is 1.90 bits per heavy atom. The van der Waals surface area contributed by atoms with Crippen LogP contribution in [0.2, 0.25) is 0 Å². The minimum atomic E-state index is -0.342. The van der Waals surface area contributed by atoms with Crippen molar-refractivity contribution >= 4 is 11.8 Å². The lowest BCUT2D eigenvalue weighted by Gasteiger charge is -2.19. The van der Waals surface area contributed by atoms with Crippen molar-refractivity contribution in [1.29, 1.82) is 0 Å². The summed E-state index contributed by atoms with van der Waals surface area (Å²) in [5.74, 6) is 0.812. The first-order valence-electron chi connectivity index (χ1n) is 9.81. The summed E-state index contributed by atoms with van der Waals surface area (Å²) in [6.07, 6.45) is 5.15. The highest BCUT2D eigenvalue weighted by Crippen LogP contribution is 2.21. The zero-order valence-corrected chi connectivity index (χ0v) is 16.4. The number of likely N-dealkylation sites (tertiary alicyclic amines) is 1. The largest absolute Gasteiger partial charge is 0.338 e. The van der Waals surface area contributed by atoms with Crippen LogP contribution < -0.4 is 5.32 Å². The molecule has 1 fully saturated rings. The molecule has 4 rings (SSSR count). The molecule has 148 valence electrons. The molecule has 2 heterocycles. The Morgan fingerprint density at radius 1 is 1.14 bits per heavy atom. The van der Waals surface area contributed by atoms with Crippen molar-refractivity contribution in [2.24, 2.45) is 7.05 Å². The molecule has 1 aliphatic heterocycles. The number of imidazole rings is 1. The summed E-state index contributed by atoms with van der Waals surface area (Å²) in [7, 11) is 1.92. The van der Waals surface area contributed by atoms with E-state index in [0.29, 0.717) is 18.5 Å². The van der Waals surface area contributed by atoms with Gasteiger partial charge in [-0.1, -0.05) is 42.5 Å². The lowest BCUT2D eigenvalue weighted by Crippen LogP contribution is -2.31. The summed E-state index contributed by atoms with van der Waals surface area (Å²) in [6.45, 7) is 1.41. The fourth-order valence-electron chi connectivity index (χ4n) is 3.67. The van der Waals surface area contributed by atoms with Crippen LogP contribution in [0, 0.1) is 0 Å². The molecule has 1 aliphatic rings. The van der Waals surface area contributed by atoms with Crippen LogP contribution in [0.3, 0.4) is 0 Å². The molecule has 6 nitrogen and oxygen atoms in total. The fraction of sp³-hybridized carbons (Fsp3) is 0.261. The van der Waals surface area contributed by atoms with E-state index in [4.69, 9.17) is 0 Å². The molecule has 0 radical (unpaired) electrons. The van der Waals surface area contributed by atoms with E-state index < -0.39 is 0 Å². The quantitative estimate of drug-likeness (QED) is 0.706. The second kappa shape index (κ2) is 8.31. The Labute approximate surface area is 170 Å². The number of benzene rings is 2. The van der Waals surface area contributed by atoms with Gasteiger partial charge in [-0.2, -0.15) is 0 Å². The van der Waals surface area contributed by atoms with E-state index in [0.717, 1.165) is 29.9 Å². The normalized spacial score (nSPS) is 14.8. The van der Waals surface area contributed by atoms with Crippen molar-refractivity contribution in [2.75, 3.05) is 6.54 Å². The highest BCUT2D eigenvalue weighted by atomic mass is 16.2. The van der Waals surface area contributed by atoms with Crippen molar-refractivity contribution < 1.29 is 9.59 Å². The van der Waals surface area contributed by atoms with E-state index in [1.807, 2.05) is 77.3 Å². The van der Waals surface area contributed by atoms with Gasteiger partial charge in [0.05, 0.1) is 0 Å². The van der Waals surface area contributed by atoms with E-state index in [2.05, 4.69) is 10.3 Å². The van der Waals surface area contributed by atoms with Crippen molar-refractivity contribution in [3.63, 3.8) is 0 Å². The summed E-state index contributed by atoms with van der Waals surface area (Å²) in [5, 5.41) is 3.11. The van der Waals surface area contributed by atoms with Crippen LogP contribution in [0.5, 0.6) is 0 Å². The van der Waals surface area contributed by atoms with Gasteiger partial charge in [-0.15, -0.1) is 0 Å². The van der Waals surface area contributed by atoms with Gasteiger partial charge in [0.2, 0.25) is 5.91 Å².